The Morgan fingerprint density at radius 2 is 2.18 bits per heavy atom. The average molecular weight is 249 g/mol. The first-order chi connectivity index (χ1) is 8.25. The van der Waals surface area contributed by atoms with Crippen molar-refractivity contribution in [2.24, 2.45) is 0 Å². The van der Waals surface area contributed by atoms with Crippen molar-refractivity contribution in [1.29, 1.82) is 0 Å². The Hall–Kier alpha value is -1.94. The number of pyridine rings is 2. The molecule has 0 N–H and O–H groups in total. The van der Waals surface area contributed by atoms with Gasteiger partial charge < -0.3 is 4.74 Å². The van der Waals surface area contributed by atoms with Crippen LogP contribution in [0.2, 0.25) is 5.15 Å². The number of rotatable bonds is 4. The van der Waals surface area contributed by atoms with Gasteiger partial charge in [0.1, 0.15) is 10.9 Å². The fraction of sp³-hybridized carbons (Fsp3) is 0.0833. The molecule has 0 aromatic carbocycles. The number of carbonyl (C=O) groups is 1. The lowest BCUT2D eigenvalue weighted by atomic mass is 10.2. The summed E-state index contributed by atoms with van der Waals surface area (Å²) in [6, 6.07) is 6.66. The van der Waals surface area contributed by atoms with E-state index in [-0.39, 0.29) is 12.4 Å². The normalized spacial score (nSPS) is 9.94. The molecule has 0 saturated carbocycles. The Balaban J connectivity index is 1.96. The molecule has 2 aromatic heterocycles. The van der Waals surface area contributed by atoms with Gasteiger partial charge in [0.05, 0.1) is 6.20 Å². The molecule has 2 aromatic rings. The van der Waals surface area contributed by atoms with Crippen molar-refractivity contribution in [3.05, 3.63) is 53.6 Å². The van der Waals surface area contributed by atoms with Crippen LogP contribution in [0.4, 0.5) is 0 Å². The Labute approximate surface area is 103 Å². The highest BCUT2D eigenvalue weighted by molar-refractivity contribution is 6.29. The van der Waals surface area contributed by atoms with E-state index < -0.39 is 0 Å². The maximum absolute atomic E-state index is 11.7. The number of ether oxygens (including phenoxy) is 1. The smallest absolute Gasteiger partial charge is 0.201 e. The predicted molar refractivity (Wildman–Crippen MR) is 63.3 cm³/mol. The summed E-state index contributed by atoms with van der Waals surface area (Å²) in [5.74, 6) is 0.404. The van der Waals surface area contributed by atoms with Gasteiger partial charge in [0.25, 0.3) is 0 Å². The van der Waals surface area contributed by atoms with E-state index in [2.05, 4.69) is 9.97 Å². The molecular formula is C12H9ClN2O2. The number of nitrogens with zero attached hydrogens (tertiary/aromatic N) is 2. The number of halogens is 1. The van der Waals surface area contributed by atoms with Crippen molar-refractivity contribution in [2.45, 2.75) is 0 Å². The molecule has 0 aliphatic heterocycles. The molecule has 0 fully saturated rings. The van der Waals surface area contributed by atoms with Crippen molar-refractivity contribution in [2.75, 3.05) is 6.61 Å². The number of hydrogen-bond donors (Lipinski definition) is 0. The molecular weight excluding hydrogens is 240 g/mol. The van der Waals surface area contributed by atoms with Crippen LogP contribution in [0, 0.1) is 0 Å². The SMILES string of the molecule is O=C(COc1cccnc1)c1ccc(Cl)nc1. The Morgan fingerprint density at radius 3 is 2.82 bits per heavy atom. The standard InChI is InChI=1S/C12H9ClN2O2/c13-12-4-3-9(6-15-12)11(16)8-17-10-2-1-5-14-7-10/h1-7H,8H2. The minimum atomic E-state index is -0.155. The second-order valence-electron chi connectivity index (χ2n) is 3.27. The highest BCUT2D eigenvalue weighted by atomic mass is 35.5. The number of carbonyl (C=O) groups excluding carboxylic acids is 1. The van der Waals surface area contributed by atoms with Crippen molar-refractivity contribution >= 4 is 17.4 Å². The van der Waals surface area contributed by atoms with Gasteiger partial charge >= 0.3 is 0 Å². The summed E-state index contributed by atoms with van der Waals surface area (Å²) in [7, 11) is 0. The molecule has 5 heteroatoms. The van der Waals surface area contributed by atoms with Gasteiger partial charge in [0, 0.05) is 18.0 Å². The van der Waals surface area contributed by atoms with Crippen LogP contribution in [0.5, 0.6) is 5.75 Å². The molecule has 0 aliphatic rings. The van der Waals surface area contributed by atoms with Crippen LogP contribution < -0.4 is 4.74 Å². The van der Waals surface area contributed by atoms with Crippen LogP contribution in [-0.2, 0) is 0 Å². The van der Waals surface area contributed by atoms with Crippen molar-refractivity contribution < 1.29 is 9.53 Å². The third-order valence-corrected chi connectivity index (χ3v) is 2.28. The van der Waals surface area contributed by atoms with E-state index in [1.165, 1.54) is 6.20 Å². The molecule has 0 radical (unpaired) electrons. The van der Waals surface area contributed by atoms with Crippen LogP contribution in [0.25, 0.3) is 0 Å². The van der Waals surface area contributed by atoms with Gasteiger partial charge in [-0.1, -0.05) is 11.6 Å². The maximum atomic E-state index is 11.7. The van der Waals surface area contributed by atoms with E-state index in [9.17, 15) is 4.79 Å². The fourth-order valence-electron chi connectivity index (χ4n) is 1.21. The molecule has 17 heavy (non-hydrogen) atoms. The quantitative estimate of drug-likeness (QED) is 0.616. The Kier molecular flexibility index (Phi) is 3.67. The van der Waals surface area contributed by atoms with Crippen molar-refractivity contribution in [1.82, 2.24) is 9.97 Å². The van der Waals surface area contributed by atoms with Gasteiger partial charge in [-0.3, -0.25) is 9.78 Å². The van der Waals surface area contributed by atoms with E-state index >= 15 is 0 Å². The molecule has 0 saturated heterocycles. The monoisotopic (exact) mass is 248 g/mol. The molecule has 0 amide bonds. The molecule has 86 valence electrons. The highest BCUT2D eigenvalue weighted by Crippen LogP contribution is 2.09. The summed E-state index contributed by atoms with van der Waals surface area (Å²) in [6.45, 7) is -0.0466. The molecule has 0 unspecified atom stereocenters. The van der Waals surface area contributed by atoms with E-state index in [4.69, 9.17) is 16.3 Å². The largest absolute Gasteiger partial charge is 0.484 e. The summed E-state index contributed by atoms with van der Waals surface area (Å²) in [4.78, 5) is 19.4. The zero-order chi connectivity index (χ0) is 12.1. The number of aromatic nitrogens is 2. The van der Waals surface area contributed by atoms with E-state index in [1.807, 2.05) is 0 Å². The second-order valence-corrected chi connectivity index (χ2v) is 3.66. The lowest BCUT2D eigenvalue weighted by Crippen LogP contribution is -2.11. The van der Waals surface area contributed by atoms with Crippen LogP contribution in [0.15, 0.2) is 42.9 Å². The predicted octanol–water partition coefficient (Wildman–Crippen LogP) is 2.39. The molecule has 2 heterocycles. The summed E-state index contributed by atoms with van der Waals surface area (Å²) < 4.78 is 5.28. The minimum Gasteiger partial charge on any atom is -0.484 e. The number of ketones is 1. The van der Waals surface area contributed by atoms with Gasteiger partial charge in [-0.25, -0.2) is 4.98 Å². The summed E-state index contributed by atoms with van der Waals surface area (Å²) in [5.41, 5.74) is 0.471. The Morgan fingerprint density at radius 1 is 1.29 bits per heavy atom. The summed E-state index contributed by atoms with van der Waals surface area (Å²) in [6.07, 6.45) is 4.61. The molecule has 2 rings (SSSR count). The fourth-order valence-corrected chi connectivity index (χ4v) is 1.32. The van der Waals surface area contributed by atoms with Crippen LogP contribution in [0.3, 0.4) is 0 Å². The number of hydrogen-bond acceptors (Lipinski definition) is 4. The Bertz CT molecular complexity index is 500. The van der Waals surface area contributed by atoms with E-state index in [1.54, 1.807) is 36.7 Å². The van der Waals surface area contributed by atoms with Crippen LogP contribution >= 0.6 is 11.6 Å². The molecule has 0 aliphatic carbocycles. The average Bonchev–Trinajstić information content (AvgIpc) is 2.38. The topological polar surface area (TPSA) is 52.1 Å². The third kappa shape index (κ3) is 3.26. The third-order valence-electron chi connectivity index (χ3n) is 2.05. The van der Waals surface area contributed by atoms with Crippen LogP contribution in [0.1, 0.15) is 10.4 Å². The summed E-state index contributed by atoms with van der Waals surface area (Å²) >= 11 is 5.63. The lowest BCUT2D eigenvalue weighted by Gasteiger charge is -2.04. The van der Waals surface area contributed by atoms with Gasteiger partial charge in [-0.15, -0.1) is 0 Å². The van der Waals surface area contributed by atoms with Gasteiger partial charge in [-0.05, 0) is 24.3 Å². The first kappa shape index (κ1) is 11.5. The van der Waals surface area contributed by atoms with Gasteiger partial charge in [-0.2, -0.15) is 0 Å². The van der Waals surface area contributed by atoms with Crippen molar-refractivity contribution in [3.63, 3.8) is 0 Å². The van der Waals surface area contributed by atoms with Gasteiger partial charge in [0.2, 0.25) is 5.78 Å². The molecule has 0 bridgehead atoms. The van der Waals surface area contributed by atoms with Crippen LogP contribution in [-0.4, -0.2) is 22.4 Å². The maximum Gasteiger partial charge on any atom is 0.201 e. The minimum absolute atomic E-state index is 0.0466. The lowest BCUT2D eigenvalue weighted by molar-refractivity contribution is 0.0921. The first-order valence-electron chi connectivity index (χ1n) is 4.93. The highest BCUT2D eigenvalue weighted by Gasteiger charge is 2.07. The molecule has 0 atom stereocenters. The van der Waals surface area contributed by atoms with Gasteiger partial charge in [0.15, 0.2) is 6.61 Å². The first-order valence-corrected chi connectivity index (χ1v) is 5.31. The zero-order valence-electron chi connectivity index (χ0n) is 8.84. The summed E-state index contributed by atoms with van der Waals surface area (Å²) in [5, 5.41) is 0.356. The molecule has 0 spiro atoms. The molecule has 4 nitrogen and oxygen atoms in total. The van der Waals surface area contributed by atoms with E-state index in [0.29, 0.717) is 16.5 Å². The zero-order valence-corrected chi connectivity index (χ0v) is 9.59. The van der Waals surface area contributed by atoms with Crippen molar-refractivity contribution in [3.8, 4) is 5.75 Å². The van der Waals surface area contributed by atoms with E-state index in [0.717, 1.165) is 0 Å². The number of Topliss-reactive ketones (excluding diaryl/α,β-unsaturated/α-hetero) is 1. The second kappa shape index (κ2) is 5.41.